The first kappa shape index (κ1) is 12.6. The van der Waals surface area contributed by atoms with Crippen LogP contribution in [-0.4, -0.2) is 57.9 Å². The van der Waals surface area contributed by atoms with E-state index in [9.17, 15) is 14.4 Å². The Kier molecular flexibility index (Phi) is 2.85. The number of aliphatic carboxylic acids is 1. The highest BCUT2D eigenvalue weighted by Gasteiger charge is 2.50. The molecule has 2 amide bonds. The Labute approximate surface area is 111 Å². The van der Waals surface area contributed by atoms with Crippen molar-refractivity contribution in [3.8, 4) is 0 Å². The fourth-order valence-corrected chi connectivity index (χ4v) is 3.22. The molecule has 2 aliphatic heterocycles. The molecular formula is C13H18N2O4. The van der Waals surface area contributed by atoms with E-state index in [1.54, 1.807) is 0 Å². The molecule has 3 fully saturated rings. The average molecular weight is 266 g/mol. The van der Waals surface area contributed by atoms with Crippen molar-refractivity contribution in [3.63, 3.8) is 0 Å². The molecule has 1 N–H and O–H groups in total. The van der Waals surface area contributed by atoms with E-state index >= 15 is 0 Å². The number of carbonyl (C=O) groups excluding carboxylic acids is 2. The first-order valence-corrected chi connectivity index (χ1v) is 6.81. The fraction of sp³-hybridized carbons (Fsp3) is 0.769. The second kappa shape index (κ2) is 4.30. The summed E-state index contributed by atoms with van der Waals surface area (Å²) in [5, 5.41) is 9.12. The predicted octanol–water partition coefficient (Wildman–Crippen LogP) is -0.0712. The first-order chi connectivity index (χ1) is 8.99. The number of likely N-dealkylation sites (tertiary alicyclic amines) is 2. The summed E-state index contributed by atoms with van der Waals surface area (Å²) < 4.78 is 0. The number of amides is 2. The van der Waals surface area contributed by atoms with E-state index in [1.807, 2.05) is 11.8 Å². The van der Waals surface area contributed by atoms with Crippen molar-refractivity contribution < 1.29 is 19.5 Å². The highest BCUT2D eigenvalue weighted by Crippen LogP contribution is 2.35. The standard InChI is InChI=1S/C13H18N2O4/c1-7-5-14(6-9(7)13(18)19)10-4-11(16)15(12(10)17)8-2-3-8/h7-10H,2-6H2,1H3,(H,18,19). The zero-order valence-corrected chi connectivity index (χ0v) is 10.9. The van der Waals surface area contributed by atoms with Crippen LogP contribution in [0.3, 0.4) is 0 Å². The molecule has 2 saturated heterocycles. The molecule has 0 aromatic carbocycles. The van der Waals surface area contributed by atoms with Crippen LogP contribution in [0.5, 0.6) is 0 Å². The van der Waals surface area contributed by atoms with Gasteiger partial charge in [-0.3, -0.25) is 24.2 Å². The van der Waals surface area contributed by atoms with Crippen molar-refractivity contribution in [2.24, 2.45) is 11.8 Å². The molecule has 3 unspecified atom stereocenters. The van der Waals surface area contributed by atoms with Gasteiger partial charge in [0, 0.05) is 19.1 Å². The van der Waals surface area contributed by atoms with Gasteiger partial charge >= 0.3 is 5.97 Å². The summed E-state index contributed by atoms with van der Waals surface area (Å²) in [5.74, 6) is -1.44. The van der Waals surface area contributed by atoms with Gasteiger partial charge in [-0.05, 0) is 18.8 Å². The third-order valence-electron chi connectivity index (χ3n) is 4.47. The van der Waals surface area contributed by atoms with Crippen molar-refractivity contribution in [2.75, 3.05) is 13.1 Å². The molecule has 19 heavy (non-hydrogen) atoms. The summed E-state index contributed by atoms with van der Waals surface area (Å²) in [6.07, 6.45) is 2.05. The van der Waals surface area contributed by atoms with E-state index in [0.29, 0.717) is 13.1 Å². The Hall–Kier alpha value is -1.43. The second-order valence-electron chi connectivity index (χ2n) is 5.93. The largest absolute Gasteiger partial charge is 0.481 e. The lowest BCUT2D eigenvalue weighted by molar-refractivity contribution is -0.143. The van der Waals surface area contributed by atoms with Crippen LogP contribution in [0.1, 0.15) is 26.2 Å². The maximum absolute atomic E-state index is 12.3. The lowest BCUT2D eigenvalue weighted by Gasteiger charge is -2.22. The zero-order chi connectivity index (χ0) is 13.7. The van der Waals surface area contributed by atoms with Gasteiger partial charge in [-0.2, -0.15) is 0 Å². The highest BCUT2D eigenvalue weighted by atomic mass is 16.4. The maximum Gasteiger partial charge on any atom is 0.308 e. The van der Waals surface area contributed by atoms with Gasteiger partial charge in [0.25, 0.3) is 0 Å². The Morgan fingerprint density at radius 2 is 1.95 bits per heavy atom. The smallest absolute Gasteiger partial charge is 0.308 e. The molecule has 1 saturated carbocycles. The molecule has 2 heterocycles. The topological polar surface area (TPSA) is 77.9 Å². The van der Waals surface area contributed by atoms with Crippen LogP contribution in [0.2, 0.25) is 0 Å². The minimum Gasteiger partial charge on any atom is -0.481 e. The van der Waals surface area contributed by atoms with E-state index < -0.39 is 17.9 Å². The molecule has 0 radical (unpaired) electrons. The van der Waals surface area contributed by atoms with Crippen LogP contribution in [0.4, 0.5) is 0 Å². The lowest BCUT2D eigenvalue weighted by atomic mass is 9.99. The summed E-state index contributed by atoms with van der Waals surface area (Å²) in [7, 11) is 0. The minimum absolute atomic E-state index is 0.0235. The van der Waals surface area contributed by atoms with Crippen molar-refractivity contribution in [1.82, 2.24) is 9.80 Å². The number of hydrogen-bond donors (Lipinski definition) is 1. The van der Waals surface area contributed by atoms with E-state index in [1.165, 1.54) is 4.90 Å². The molecule has 3 aliphatic rings. The van der Waals surface area contributed by atoms with Crippen LogP contribution in [0.25, 0.3) is 0 Å². The van der Waals surface area contributed by atoms with Gasteiger partial charge in [-0.1, -0.05) is 6.92 Å². The minimum atomic E-state index is -0.814. The maximum atomic E-state index is 12.3. The molecule has 6 nitrogen and oxygen atoms in total. The van der Waals surface area contributed by atoms with Crippen LogP contribution in [0, 0.1) is 11.8 Å². The van der Waals surface area contributed by atoms with Crippen molar-refractivity contribution in [2.45, 2.75) is 38.3 Å². The van der Waals surface area contributed by atoms with Gasteiger partial charge in [0.1, 0.15) is 0 Å². The molecule has 0 spiro atoms. The normalized spacial score (nSPS) is 36.3. The summed E-state index contributed by atoms with van der Waals surface area (Å²) >= 11 is 0. The number of carboxylic acids is 1. The Bertz CT molecular complexity index is 446. The van der Waals surface area contributed by atoms with E-state index in [-0.39, 0.29) is 30.2 Å². The number of carbonyl (C=O) groups is 3. The van der Waals surface area contributed by atoms with E-state index in [4.69, 9.17) is 5.11 Å². The van der Waals surface area contributed by atoms with Crippen molar-refractivity contribution in [1.29, 1.82) is 0 Å². The van der Waals surface area contributed by atoms with Gasteiger partial charge in [0.15, 0.2) is 0 Å². The van der Waals surface area contributed by atoms with Crippen molar-refractivity contribution in [3.05, 3.63) is 0 Å². The van der Waals surface area contributed by atoms with E-state index in [0.717, 1.165) is 12.8 Å². The van der Waals surface area contributed by atoms with E-state index in [2.05, 4.69) is 0 Å². The molecule has 0 aromatic heterocycles. The zero-order valence-electron chi connectivity index (χ0n) is 10.9. The summed E-state index contributed by atoms with van der Waals surface area (Å²) in [5.41, 5.74) is 0. The molecule has 3 atom stereocenters. The van der Waals surface area contributed by atoms with Gasteiger partial charge in [-0.15, -0.1) is 0 Å². The molecule has 1 aliphatic carbocycles. The molecular weight excluding hydrogens is 248 g/mol. The average Bonchev–Trinajstić information content (AvgIpc) is 3.01. The summed E-state index contributed by atoms with van der Waals surface area (Å²) in [6, 6.07) is -0.319. The third-order valence-corrected chi connectivity index (χ3v) is 4.47. The van der Waals surface area contributed by atoms with Gasteiger partial charge in [0.2, 0.25) is 11.8 Å². The van der Waals surface area contributed by atoms with Crippen LogP contribution < -0.4 is 0 Å². The number of hydrogen-bond acceptors (Lipinski definition) is 4. The summed E-state index contributed by atoms with van der Waals surface area (Å²) in [6.45, 7) is 2.84. The molecule has 3 rings (SSSR count). The highest BCUT2D eigenvalue weighted by molar-refractivity contribution is 6.06. The third kappa shape index (κ3) is 2.04. The lowest BCUT2D eigenvalue weighted by Crippen LogP contribution is -2.42. The monoisotopic (exact) mass is 266 g/mol. The summed E-state index contributed by atoms with van der Waals surface area (Å²) in [4.78, 5) is 38.6. The predicted molar refractivity (Wildman–Crippen MR) is 65.1 cm³/mol. The quantitative estimate of drug-likeness (QED) is 0.723. The van der Waals surface area contributed by atoms with Crippen molar-refractivity contribution >= 4 is 17.8 Å². The first-order valence-electron chi connectivity index (χ1n) is 6.81. The molecule has 0 bridgehead atoms. The number of carboxylic acid groups (broad SMARTS) is 1. The van der Waals surface area contributed by atoms with Gasteiger partial charge < -0.3 is 5.11 Å². The number of nitrogens with zero attached hydrogens (tertiary/aromatic N) is 2. The van der Waals surface area contributed by atoms with Crippen LogP contribution in [0.15, 0.2) is 0 Å². The van der Waals surface area contributed by atoms with Gasteiger partial charge in [-0.25, -0.2) is 0 Å². The van der Waals surface area contributed by atoms with Crippen LogP contribution >= 0.6 is 0 Å². The second-order valence-corrected chi connectivity index (χ2v) is 5.93. The molecule has 104 valence electrons. The number of rotatable bonds is 3. The fourth-order valence-electron chi connectivity index (χ4n) is 3.22. The Balaban J connectivity index is 1.72. The Morgan fingerprint density at radius 1 is 1.26 bits per heavy atom. The van der Waals surface area contributed by atoms with Crippen LogP contribution in [-0.2, 0) is 14.4 Å². The van der Waals surface area contributed by atoms with Gasteiger partial charge in [0.05, 0.1) is 18.4 Å². The number of imide groups is 1. The SMILES string of the molecule is CC1CN(C2CC(=O)N(C3CC3)C2=O)CC1C(=O)O. The molecule has 0 aromatic rings. The Morgan fingerprint density at radius 3 is 2.47 bits per heavy atom. The molecule has 6 heteroatoms.